The molecule has 4 rings (SSSR count). The average molecular weight is 313 g/mol. The number of nitrogens with zero attached hydrogens (tertiary/aromatic N) is 1. The van der Waals surface area contributed by atoms with Crippen LogP contribution in [0, 0.1) is 10.8 Å². The molecule has 2 fully saturated rings. The predicted molar refractivity (Wildman–Crippen MR) is 91.2 cm³/mol. The zero-order chi connectivity index (χ0) is 16.1. The molecule has 0 unspecified atom stereocenters. The molecule has 0 aliphatic carbocycles. The van der Waals surface area contributed by atoms with E-state index in [4.69, 9.17) is 0 Å². The van der Waals surface area contributed by atoms with E-state index in [9.17, 15) is 4.79 Å². The number of likely N-dealkylation sites (tertiary alicyclic amines) is 1. The first-order valence-electron chi connectivity index (χ1n) is 8.80. The standard InChI is InChI=1S/C19H27N3O/c1-18-10-21-11-19(18,2)13-22(12-18)17(23)8-14-4-3-5-15-9-20-7-6-16(14)15/h3-5,20-21H,6-13H2,1-2H3/t18-,19+. The lowest BCUT2D eigenvalue weighted by molar-refractivity contribution is -0.130. The van der Waals surface area contributed by atoms with Crippen molar-refractivity contribution in [2.75, 3.05) is 32.7 Å². The van der Waals surface area contributed by atoms with Crippen LogP contribution in [0.4, 0.5) is 0 Å². The molecule has 0 saturated carbocycles. The maximum absolute atomic E-state index is 12.9. The van der Waals surface area contributed by atoms with E-state index in [-0.39, 0.29) is 10.8 Å². The van der Waals surface area contributed by atoms with Gasteiger partial charge in [-0.3, -0.25) is 4.79 Å². The normalized spacial score (nSPS) is 32.7. The summed E-state index contributed by atoms with van der Waals surface area (Å²) in [5, 5.41) is 6.92. The Morgan fingerprint density at radius 1 is 1.17 bits per heavy atom. The predicted octanol–water partition coefficient (Wildman–Crippen LogP) is 1.33. The van der Waals surface area contributed by atoms with Crippen molar-refractivity contribution < 1.29 is 4.79 Å². The van der Waals surface area contributed by atoms with Crippen molar-refractivity contribution >= 4 is 5.91 Å². The monoisotopic (exact) mass is 313 g/mol. The molecule has 0 aromatic heterocycles. The summed E-state index contributed by atoms with van der Waals surface area (Å²) in [5.41, 5.74) is 4.45. The maximum Gasteiger partial charge on any atom is 0.227 e. The largest absolute Gasteiger partial charge is 0.341 e. The molecular weight excluding hydrogens is 286 g/mol. The summed E-state index contributed by atoms with van der Waals surface area (Å²) < 4.78 is 0. The van der Waals surface area contributed by atoms with Crippen LogP contribution in [0.3, 0.4) is 0 Å². The molecule has 2 atom stereocenters. The van der Waals surface area contributed by atoms with E-state index in [2.05, 4.69) is 47.6 Å². The second-order valence-corrected chi connectivity index (χ2v) is 8.13. The number of fused-ring (bicyclic) bond motifs is 2. The topological polar surface area (TPSA) is 44.4 Å². The van der Waals surface area contributed by atoms with E-state index >= 15 is 0 Å². The van der Waals surface area contributed by atoms with Gasteiger partial charge in [0, 0.05) is 43.6 Å². The van der Waals surface area contributed by atoms with Crippen LogP contribution in [-0.2, 0) is 24.2 Å². The lowest BCUT2D eigenvalue weighted by Crippen LogP contribution is -2.35. The minimum absolute atomic E-state index is 0.225. The van der Waals surface area contributed by atoms with Gasteiger partial charge in [-0.25, -0.2) is 0 Å². The number of hydrogen-bond acceptors (Lipinski definition) is 3. The Morgan fingerprint density at radius 2 is 1.91 bits per heavy atom. The number of benzene rings is 1. The summed E-state index contributed by atoms with van der Waals surface area (Å²) >= 11 is 0. The summed E-state index contributed by atoms with van der Waals surface area (Å²) in [6.45, 7) is 10.5. The van der Waals surface area contributed by atoms with E-state index < -0.39 is 0 Å². The Balaban J connectivity index is 1.52. The van der Waals surface area contributed by atoms with Crippen LogP contribution in [-0.4, -0.2) is 43.5 Å². The minimum atomic E-state index is 0.225. The summed E-state index contributed by atoms with van der Waals surface area (Å²) in [4.78, 5) is 15.0. The van der Waals surface area contributed by atoms with Gasteiger partial charge < -0.3 is 15.5 Å². The Hall–Kier alpha value is -1.39. The van der Waals surface area contributed by atoms with Crippen LogP contribution in [0.15, 0.2) is 18.2 Å². The Kier molecular flexibility index (Phi) is 3.50. The van der Waals surface area contributed by atoms with E-state index in [1.54, 1.807) is 0 Å². The third kappa shape index (κ3) is 2.39. The second-order valence-electron chi connectivity index (χ2n) is 8.13. The molecule has 1 aromatic carbocycles. The van der Waals surface area contributed by atoms with Crippen molar-refractivity contribution in [2.45, 2.75) is 33.2 Å². The van der Waals surface area contributed by atoms with Gasteiger partial charge in [-0.2, -0.15) is 0 Å². The first-order chi connectivity index (χ1) is 11.0. The molecule has 0 radical (unpaired) electrons. The molecular formula is C19H27N3O. The smallest absolute Gasteiger partial charge is 0.227 e. The molecule has 2 N–H and O–H groups in total. The zero-order valence-electron chi connectivity index (χ0n) is 14.2. The highest BCUT2D eigenvalue weighted by atomic mass is 16.2. The van der Waals surface area contributed by atoms with E-state index in [0.29, 0.717) is 12.3 Å². The van der Waals surface area contributed by atoms with Gasteiger partial charge in [-0.1, -0.05) is 32.0 Å². The molecule has 23 heavy (non-hydrogen) atoms. The van der Waals surface area contributed by atoms with E-state index in [1.165, 1.54) is 16.7 Å². The van der Waals surface area contributed by atoms with Crippen molar-refractivity contribution in [1.82, 2.24) is 15.5 Å². The van der Waals surface area contributed by atoms with Crippen LogP contribution in [0.1, 0.15) is 30.5 Å². The number of nitrogens with one attached hydrogen (secondary N) is 2. The van der Waals surface area contributed by atoms with Gasteiger partial charge in [0.15, 0.2) is 0 Å². The molecule has 0 bridgehead atoms. The maximum atomic E-state index is 12.9. The molecule has 4 nitrogen and oxygen atoms in total. The van der Waals surface area contributed by atoms with Crippen LogP contribution >= 0.6 is 0 Å². The lowest BCUT2D eigenvalue weighted by Gasteiger charge is -2.30. The first-order valence-corrected chi connectivity index (χ1v) is 8.80. The number of rotatable bonds is 2. The van der Waals surface area contributed by atoms with E-state index in [0.717, 1.165) is 45.7 Å². The summed E-state index contributed by atoms with van der Waals surface area (Å²) in [5.74, 6) is 0.300. The Labute approximate surface area is 138 Å². The third-order valence-electron chi connectivity index (χ3n) is 6.50. The van der Waals surface area contributed by atoms with Gasteiger partial charge in [0.1, 0.15) is 0 Å². The van der Waals surface area contributed by atoms with Crippen molar-refractivity contribution in [3.8, 4) is 0 Å². The summed E-state index contributed by atoms with van der Waals surface area (Å²) in [6, 6.07) is 6.42. The Morgan fingerprint density at radius 3 is 2.65 bits per heavy atom. The van der Waals surface area contributed by atoms with Gasteiger partial charge >= 0.3 is 0 Å². The van der Waals surface area contributed by atoms with Crippen molar-refractivity contribution in [2.24, 2.45) is 10.8 Å². The lowest BCUT2D eigenvalue weighted by atomic mass is 9.71. The fourth-order valence-electron chi connectivity index (χ4n) is 4.66. The average Bonchev–Trinajstić information content (AvgIpc) is 2.95. The number of carbonyl (C=O) groups excluding carboxylic acids is 1. The fraction of sp³-hybridized carbons (Fsp3) is 0.632. The molecule has 3 aliphatic heterocycles. The number of amides is 1. The summed E-state index contributed by atoms with van der Waals surface area (Å²) in [7, 11) is 0. The molecule has 3 aliphatic rings. The minimum Gasteiger partial charge on any atom is -0.341 e. The molecule has 2 saturated heterocycles. The number of hydrogen-bond donors (Lipinski definition) is 2. The van der Waals surface area contributed by atoms with Gasteiger partial charge in [0.2, 0.25) is 5.91 Å². The van der Waals surface area contributed by atoms with E-state index in [1.807, 2.05) is 0 Å². The Bertz CT molecular complexity index is 626. The first kappa shape index (κ1) is 15.2. The highest BCUT2D eigenvalue weighted by Crippen LogP contribution is 2.48. The SMILES string of the molecule is C[C@@]12CNC[C@]1(C)CN(C(=O)Cc1cccc3c1CCNC3)C2. The van der Waals surface area contributed by atoms with Crippen molar-refractivity contribution in [3.63, 3.8) is 0 Å². The van der Waals surface area contributed by atoms with Crippen LogP contribution < -0.4 is 10.6 Å². The van der Waals surface area contributed by atoms with Gasteiger partial charge in [-0.15, -0.1) is 0 Å². The zero-order valence-corrected chi connectivity index (χ0v) is 14.2. The molecule has 124 valence electrons. The fourth-order valence-corrected chi connectivity index (χ4v) is 4.66. The van der Waals surface area contributed by atoms with Gasteiger partial charge in [-0.05, 0) is 29.7 Å². The third-order valence-corrected chi connectivity index (χ3v) is 6.50. The quantitative estimate of drug-likeness (QED) is 0.866. The highest BCUT2D eigenvalue weighted by molar-refractivity contribution is 5.80. The van der Waals surface area contributed by atoms with Crippen molar-refractivity contribution in [1.29, 1.82) is 0 Å². The van der Waals surface area contributed by atoms with Gasteiger partial charge in [0.05, 0.1) is 6.42 Å². The molecule has 1 amide bonds. The molecule has 0 spiro atoms. The molecule has 4 heteroatoms. The summed E-state index contributed by atoms with van der Waals surface area (Å²) in [6.07, 6.45) is 1.60. The molecule has 1 aromatic rings. The van der Waals surface area contributed by atoms with Crippen LogP contribution in [0.2, 0.25) is 0 Å². The highest BCUT2D eigenvalue weighted by Gasteiger charge is 2.55. The van der Waals surface area contributed by atoms with Crippen LogP contribution in [0.5, 0.6) is 0 Å². The number of carbonyl (C=O) groups is 1. The van der Waals surface area contributed by atoms with Crippen molar-refractivity contribution in [3.05, 3.63) is 34.9 Å². The molecule has 3 heterocycles. The second kappa shape index (κ2) is 5.32. The van der Waals surface area contributed by atoms with Crippen LogP contribution in [0.25, 0.3) is 0 Å². The van der Waals surface area contributed by atoms with Gasteiger partial charge in [0.25, 0.3) is 0 Å².